The molecule has 3 nitrogen and oxygen atoms in total. The summed E-state index contributed by atoms with van der Waals surface area (Å²) in [4.78, 5) is 22.7. The molecule has 0 saturated carbocycles. The van der Waals surface area contributed by atoms with Gasteiger partial charge in [-0.1, -0.05) is 30.3 Å². The van der Waals surface area contributed by atoms with Crippen LogP contribution in [0.2, 0.25) is 0 Å². The van der Waals surface area contributed by atoms with E-state index in [1.807, 2.05) is 6.07 Å². The molecule has 0 aliphatic rings. The standard InChI is InChI=1S/C12H13NO2/c1-8(9(2)12(13)15)11(14)10-6-4-3-5-7-10/h3-7H,1-2H3,(H2,13,15). The average molecular weight is 203 g/mol. The predicted octanol–water partition coefficient (Wildman–Crippen LogP) is 1.69. The maximum Gasteiger partial charge on any atom is 0.244 e. The molecule has 0 radical (unpaired) electrons. The van der Waals surface area contributed by atoms with Crippen LogP contribution in [0.3, 0.4) is 0 Å². The lowest BCUT2D eigenvalue weighted by Crippen LogP contribution is -2.16. The van der Waals surface area contributed by atoms with Crippen LogP contribution in [0.15, 0.2) is 41.5 Å². The van der Waals surface area contributed by atoms with E-state index in [4.69, 9.17) is 5.73 Å². The van der Waals surface area contributed by atoms with Crippen LogP contribution in [0.1, 0.15) is 24.2 Å². The Hall–Kier alpha value is -1.90. The fraction of sp³-hybridized carbons (Fsp3) is 0.167. The second-order valence-electron chi connectivity index (χ2n) is 3.31. The molecular formula is C12H13NO2. The predicted molar refractivity (Wildman–Crippen MR) is 58.3 cm³/mol. The van der Waals surface area contributed by atoms with Gasteiger partial charge in [-0.25, -0.2) is 0 Å². The molecule has 0 aliphatic heterocycles. The molecule has 1 aromatic carbocycles. The van der Waals surface area contributed by atoms with Gasteiger partial charge in [-0.15, -0.1) is 0 Å². The summed E-state index contributed by atoms with van der Waals surface area (Å²) in [7, 11) is 0. The van der Waals surface area contributed by atoms with Gasteiger partial charge >= 0.3 is 0 Å². The van der Waals surface area contributed by atoms with Crippen molar-refractivity contribution in [2.24, 2.45) is 5.73 Å². The number of primary amides is 1. The molecule has 0 atom stereocenters. The first kappa shape index (κ1) is 11.2. The summed E-state index contributed by atoms with van der Waals surface area (Å²) in [5, 5.41) is 0. The first-order valence-electron chi connectivity index (χ1n) is 4.61. The van der Waals surface area contributed by atoms with E-state index in [0.29, 0.717) is 16.7 Å². The number of nitrogens with two attached hydrogens (primary N) is 1. The van der Waals surface area contributed by atoms with Gasteiger partial charge in [0.25, 0.3) is 0 Å². The molecule has 0 aromatic heterocycles. The van der Waals surface area contributed by atoms with Crippen molar-refractivity contribution in [1.29, 1.82) is 0 Å². The lowest BCUT2D eigenvalue weighted by atomic mass is 10.0. The summed E-state index contributed by atoms with van der Waals surface area (Å²) in [6, 6.07) is 8.80. The molecule has 78 valence electrons. The summed E-state index contributed by atoms with van der Waals surface area (Å²) in [6.07, 6.45) is 0. The summed E-state index contributed by atoms with van der Waals surface area (Å²) in [6.45, 7) is 3.16. The van der Waals surface area contributed by atoms with Crippen LogP contribution in [0.5, 0.6) is 0 Å². The maximum absolute atomic E-state index is 11.8. The molecule has 0 fully saturated rings. The van der Waals surface area contributed by atoms with E-state index < -0.39 is 5.91 Å². The fourth-order valence-corrected chi connectivity index (χ4v) is 1.16. The van der Waals surface area contributed by atoms with Crippen LogP contribution in [-0.2, 0) is 4.79 Å². The van der Waals surface area contributed by atoms with Crippen molar-refractivity contribution in [2.75, 3.05) is 0 Å². The van der Waals surface area contributed by atoms with Gasteiger partial charge in [0, 0.05) is 16.7 Å². The Balaban J connectivity index is 3.07. The smallest absolute Gasteiger partial charge is 0.244 e. The number of ketones is 1. The Labute approximate surface area is 88.6 Å². The van der Waals surface area contributed by atoms with Gasteiger partial charge in [0.2, 0.25) is 5.91 Å². The van der Waals surface area contributed by atoms with E-state index in [0.717, 1.165) is 0 Å². The van der Waals surface area contributed by atoms with Crippen LogP contribution < -0.4 is 5.73 Å². The third kappa shape index (κ3) is 2.53. The Bertz CT molecular complexity index is 419. The topological polar surface area (TPSA) is 60.2 Å². The minimum absolute atomic E-state index is 0.160. The van der Waals surface area contributed by atoms with Gasteiger partial charge in [0.05, 0.1) is 0 Å². The van der Waals surface area contributed by atoms with E-state index >= 15 is 0 Å². The zero-order valence-electron chi connectivity index (χ0n) is 8.78. The zero-order valence-corrected chi connectivity index (χ0v) is 8.78. The first-order valence-corrected chi connectivity index (χ1v) is 4.61. The Morgan fingerprint density at radius 3 is 2.00 bits per heavy atom. The third-order valence-corrected chi connectivity index (χ3v) is 2.31. The van der Waals surface area contributed by atoms with E-state index in [-0.39, 0.29) is 5.78 Å². The van der Waals surface area contributed by atoms with Gasteiger partial charge in [-0.2, -0.15) is 0 Å². The summed E-state index contributed by atoms with van der Waals surface area (Å²) < 4.78 is 0. The molecule has 0 heterocycles. The van der Waals surface area contributed by atoms with E-state index in [1.54, 1.807) is 38.1 Å². The molecule has 1 rings (SSSR count). The largest absolute Gasteiger partial charge is 0.366 e. The van der Waals surface area contributed by atoms with E-state index in [9.17, 15) is 9.59 Å². The molecule has 2 N–H and O–H groups in total. The molecule has 0 unspecified atom stereocenters. The number of rotatable bonds is 3. The number of benzene rings is 1. The Morgan fingerprint density at radius 2 is 1.53 bits per heavy atom. The molecule has 0 saturated heterocycles. The lowest BCUT2D eigenvalue weighted by molar-refractivity contribution is -0.114. The molecule has 0 bridgehead atoms. The van der Waals surface area contributed by atoms with Crippen LogP contribution in [-0.4, -0.2) is 11.7 Å². The summed E-state index contributed by atoms with van der Waals surface area (Å²) >= 11 is 0. The van der Waals surface area contributed by atoms with Gasteiger partial charge in [-0.3, -0.25) is 9.59 Å². The molecule has 0 spiro atoms. The maximum atomic E-state index is 11.8. The number of Topliss-reactive ketones (excluding diaryl/α,β-unsaturated/α-hetero) is 1. The van der Waals surface area contributed by atoms with Crippen molar-refractivity contribution in [3.63, 3.8) is 0 Å². The third-order valence-electron chi connectivity index (χ3n) is 2.31. The Kier molecular flexibility index (Phi) is 3.39. The monoisotopic (exact) mass is 203 g/mol. The summed E-state index contributed by atoms with van der Waals surface area (Å²) in [5.74, 6) is -0.719. The summed E-state index contributed by atoms with van der Waals surface area (Å²) in [5.41, 5.74) is 6.38. The average Bonchev–Trinajstić information content (AvgIpc) is 2.27. The first-order chi connectivity index (χ1) is 7.04. The number of carbonyl (C=O) groups is 2. The molecule has 3 heteroatoms. The second-order valence-corrected chi connectivity index (χ2v) is 3.31. The minimum Gasteiger partial charge on any atom is -0.366 e. The number of carbonyl (C=O) groups excluding carboxylic acids is 2. The van der Waals surface area contributed by atoms with Crippen molar-refractivity contribution in [1.82, 2.24) is 0 Å². The molecule has 15 heavy (non-hydrogen) atoms. The van der Waals surface area contributed by atoms with Crippen LogP contribution in [0.25, 0.3) is 0 Å². The van der Waals surface area contributed by atoms with Crippen LogP contribution in [0, 0.1) is 0 Å². The molecule has 1 amide bonds. The number of allylic oxidation sites excluding steroid dienone is 1. The quantitative estimate of drug-likeness (QED) is 0.600. The molecule has 1 aromatic rings. The van der Waals surface area contributed by atoms with Crippen LogP contribution >= 0.6 is 0 Å². The highest BCUT2D eigenvalue weighted by Gasteiger charge is 2.12. The van der Waals surface area contributed by atoms with Crippen molar-refractivity contribution in [3.8, 4) is 0 Å². The Morgan fingerprint density at radius 1 is 1.00 bits per heavy atom. The van der Waals surface area contributed by atoms with E-state index in [2.05, 4.69) is 0 Å². The van der Waals surface area contributed by atoms with E-state index in [1.165, 1.54) is 0 Å². The second kappa shape index (κ2) is 4.55. The fourth-order valence-electron chi connectivity index (χ4n) is 1.16. The number of hydrogen-bond acceptors (Lipinski definition) is 2. The number of amides is 1. The number of hydrogen-bond donors (Lipinski definition) is 1. The molecule has 0 aliphatic carbocycles. The van der Waals surface area contributed by atoms with Crippen molar-refractivity contribution >= 4 is 11.7 Å². The lowest BCUT2D eigenvalue weighted by Gasteiger charge is -2.03. The van der Waals surface area contributed by atoms with Gasteiger partial charge in [0.1, 0.15) is 0 Å². The zero-order chi connectivity index (χ0) is 11.4. The highest BCUT2D eigenvalue weighted by molar-refractivity contribution is 6.12. The SMILES string of the molecule is CC(C(N)=O)=C(C)C(=O)c1ccccc1. The highest BCUT2D eigenvalue weighted by atomic mass is 16.1. The molecular weight excluding hydrogens is 190 g/mol. The van der Waals surface area contributed by atoms with Gasteiger partial charge < -0.3 is 5.73 Å². The van der Waals surface area contributed by atoms with Gasteiger partial charge in [0.15, 0.2) is 5.78 Å². The minimum atomic E-state index is -0.559. The van der Waals surface area contributed by atoms with Crippen molar-refractivity contribution in [3.05, 3.63) is 47.0 Å². The van der Waals surface area contributed by atoms with Crippen molar-refractivity contribution in [2.45, 2.75) is 13.8 Å². The normalized spacial score (nSPS) is 11.9. The van der Waals surface area contributed by atoms with Gasteiger partial charge in [-0.05, 0) is 13.8 Å². The van der Waals surface area contributed by atoms with Crippen molar-refractivity contribution < 1.29 is 9.59 Å². The highest BCUT2D eigenvalue weighted by Crippen LogP contribution is 2.11. The van der Waals surface area contributed by atoms with Crippen LogP contribution in [0.4, 0.5) is 0 Å².